The lowest BCUT2D eigenvalue weighted by Crippen LogP contribution is -2.39. The van der Waals surface area contributed by atoms with E-state index in [4.69, 9.17) is 4.74 Å². The number of ether oxygens (including phenoxy) is 1. The molecule has 4 heterocycles. The molecule has 3 nitrogen and oxygen atoms in total. The van der Waals surface area contributed by atoms with Gasteiger partial charge >= 0.3 is 0 Å². The zero-order valence-electron chi connectivity index (χ0n) is 10.2. The maximum Gasteiger partial charge on any atom is 0.137 e. The minimum Gasteiger partial charge on any atom is -0.495 e. The topological polar surface area (TPSA) is 25.4 Å². The molecule has 3 fully saturated rings. The van der Waals surface area contributed by atoms with Crippen LogP contribution in [0.25, 0.3) is 6.08 Å². The third-order valence-electron chi connectivity index (χ3n) is 3.82. The highest BCUT2D eigenvalue weighted by atomic mass is 16.5. The summed E-state index contributed by atoms with van der Waals surface area (Å²) >= 11 is 0. The molecule has 0 amide bonds. The van der Waals surface area contributed by atoms with Crippen molar-refractivity contribution in [2.45, 2.75) is 19.3 Å². The molecule has 3 aliphatic rings. The molecule has 4 rings (SSSR count). The summed E-state index contributed by atoms with van der Waals surface area (Å²) in [6, 6.07) is 2.05. The van der Waals surface area contributed by atoms with E-state index in [0.717, 1.165) is 17.2 Å². The molecule has 1 aromatic rings. The van der Waals surface area contributed by atoms with Crippen molar-refractivity contribution in [3.05, 3.63) is 29.7 Å². The molecule has 90 valence electrons. The summed E-state index contributed by atoms with van der Waals surface area (Å²) in [5.74, 6) is 1.74. The summed E-state index contributed by atoms with van der Waals surface area (Å²) in [6.45, 7) is 2.46. The fourth-order valence-electron chi connectivity index (χ4n) is 2.82. The van der Waals surface area contributed by atoms with Crippen LogP contribution in [0, 0.1) is 5.92 Å². The van der Waals surface area contributed by atoms with E-state index in [-0.39, 0.29) is 0 Å². The smallest absolute Gasteiger partial charge is 0.137 e. The summed E-state index contributed by atoms with van der Waals surface area (Å²) in [4.78, 5) is 6.71. The number of pyridine rings is 1. The van der Waals surface area contributed by atoms with E-state index in [0.29, 0.717) is 0 Å². The molecule has 0 aliphatic carbocycles. The number of hydrogen-bond donors (Lipinski definition) is 0. The van der Waals surface area contributed by atoms with Gasteiger partial charge in [0.1, 0.15) is 5.75 Å². The molecular weight excluding hydrogens is 212 g/mol. The van der Waals surface area contributed by atoms with E-state index >= 15 is 0 Å². The lowest BCUT2D eigenvalue weighted by Gasteiger charge is -2.42. The van der Waals surface area contributed by atoms with Gasteiger partial charge in [-0.3, -0.25) is 4.98 Å². The number of aromatic nitrogens is 1. The van der Waals surface area contributed by atoms with Crippen molar-refractivity contribution in [3.63, 3.8) is 0 Å². The van der Waals surface area contributed by atoms with Gasteiger partial charge in [0, 0.05) is 25.0 Å². The van der Waals surface area contributed by atoms with Crippen molar-refractivity contribution in [1.29, 1.82) is 0 Å². The lowest BCUT2D eigenvalue weighted by molar-refractivity contribution is 0.163. The van der Waals surface area contributed by atoms with E-state index in [1.807, 2.05) is 12.3 Å². The van der Waals surface area contributed by atoms with Gasteiger partial charge in [0.2, 0.25) is 0 Å². The molecule has 0 N–H and O–H groups in total. The maximum absolute atomic E-state index is 5.20. The minimum absolute atomic E-state index is 0.829. The van der Waals surface area contributed by atoms with Gasteiger partial charge in [-0.25, -0.2) is 0 Å². The Balaban J connectivity index is 1.85. The molecule has 0 saturated carbocycles. The van der Waals surface area contributed by atoms with Gasteiger partial charge in [0.05, 0.1) is 13.3 Å². The summed E-state index contributed by atoms with van der Waals surface area (Å²) in [6.07, 6.45) is 9.88. The molecule has 3 saturated heterocycles. The van der Waals surface area contributed by atoms with Crippen LogP contribution in [0.1, 0.15) is 24.8 Å². The quantitative estimate of drug-likeness (QED) is 0.780. The molecule has 2 bridgehead atoms. The van der Waals surface area contributed by atoms with Crippen molar-refractivity contribution < 1.29 is 4.74 Å². The SMILES string of the molecule is COc1cncc(C=C2CC3CCN2CC3)c1. The molecule has 3 aliphatic heterocycles. The predicted octanol–water partition coefficient (Wildman–Crippen LogP) is 2.55. The van der Waals surface area contributed by atoms with Crippen LogP contribution in [-0.4, -0.2) is 30.1 Å². The average Bonchev–Trinajstić information content (AvgIpc) is 2.40. The van der Waals surface area contributed by atoms with Crippen LogP contribution in [0.3, 0.4) is 0 Å². The fourth-order valence-corrected chi connectivity index (χ4v) is 2.82. The Bertz CT molecular complexity index is 434. The van der Waals surface area contributed by atoms with Crippen molar-refractivity contribution in [2.24, 2.45) is 5.92 Å². The summed E-state index contributed by atoms with van der Waals surface area (Å²) in [7, 11) is 1.68. The van der Waals surface area contributed by atoms with Crippen LogP contribution in [0.15, 0.2) is 24.2 Å². The molecule has 0 unspecified atom stereocenters. The van der Waals surface area contributed by atoms with Gasteiger partial charge in [-0.2, -0.15) is 0 Å². The number of rotatable bonds is 2. The molecule has 0 aromatic carbocycles. The van der Waals surface area contributed by atoms with Gasteiger partial charge in [-0.15, -0.1) is 0 Å². The monoisotopic (exact) mass is 230 g/mol. The van der Waals surface area contributed by atoms with Crippen LogP contribution >= 0.6 is 0 Å². The van der Waals surface area contributed by atoms with Crippen LogP contribution < -0.4 is 4.74 Å². The van der Waals surface area contributed by atoms with E-state index in [9.17, 15) is 0 Å². The van der Waals surface area contributed by atoms with E-state index in [1.165, 1.54) is 38.0 Å². The normalized spacial score (nSPS) is 22.2. The van der Waals surface area contributed by atoms with Crippen molar-refractivity contribution in [3.8, 4) is 5.75 Å². The Morgan fingerprint density at radius 1 is 1.35 bits per heavy atom. The number of methoxy groups -OCH3 is 1. The zero-order valence-corrected chi connectivity index (χ0v) is 10.2. The second-order valence-corrected chi connectivity index (χ2v) is 4.93. The number of allylic oxidation sites excluding steroid dienone is 1. The van der Waals surface area contributed by atoms with E-state index in [1.54, 1.807) is 13.3 Å². The lowest BCUT2D eigenvalue weighted by atomic mass is 9.85. The third-order valence-corrected chi connectivity index (χ3v) is 3.82. The maximum atomic E-state index is 5.20. The fraction of sp³-hybridized carbons (Fsp3) is 0.500. The van der Waals surface area contributed by atoms with Gasteiger partial charge in [-0.05, 0) is 42.9 Å². The summed E-state index contributed by atoms with van der Waals surface area (Å²) in [5.41, 5.74) is 2.62. The van der Waals surface area contributed by atoms with Crippen molar-refractivity contribution in [1.82, 2.24) is 9.88 Å². The molecular formula is C14H18N2O. The molecule has 3 heteroatoms. The van der Waals surface area contributed by atoms with Crippen molar-refractivity contribution >= 4 is 6.08 Å². The third kappa shape index (κ3) is 2.14. The van der Waals surface area contributed by atoms with E-state index in [2.05, 4.69) is 16.0 Å². The van der Waals surface area contributed by atoms with Crippen molar-refractivity contribution in [2.75, 3.05) is 20.2 Å². The second-order valence-electron chi connectivity index (χ2n) is 4.93. The second kappa shape index (κ2) is 4.40. The van der Waals surface area contributed by atoms with Crippen LogP contribution in [0.4, 0.5) is 0 Å². The molecule has 1 aromatic heterocycles. The first-order chi connectivity index (χ1) is 8.35. The first kappa shape index (κ1) is 10.6. The number of fused-ring (bicyclic) bond motifs is 3. The molecule has 0 radical (unpaired) electrons. The minimum atomic E-state index is 0.829. The first-order valence-electron chi connectivity index (χ1n) is 6.30. The highest BCUT2D eigenvalue weighted by Crippen LogP contribution is 2.35. The van der Waals surface area contributed by atoms with Gasteiger partial charge < -0.3 is 9.64 Å². The van der Waals surface area contributed by atoms with Gasteiger partial charge in [-0.1, -0.05) is 0 Å². The Kier molecular flexibility index (Phi) is 2.75. The Labute approximate surface area is 102 Å². The van der Waals surface area contributed by atoms with Gasteiger partial charge in [0.25, 0.3) is 0 Å². The largest absolute Gasteiger partial charge is 0.495 e. The van der Waals surface area contributed by atoms with Crippen LogP contribution in [0.5, 0.6) is 5.75 Å². The Hall–Kier alpha value is -1.51. The highest BCUT2D eigenvalue weighted by molar-refractivity contribution is 5.53. The number of hydrogen-bond acceptors (Lipinski definition) is 3. The summed E-state index contributed by atoms with van der Waals surface area (Å²) < 4.78 is 5.20. The summed E-state index contributed by atoms with van der Waals surface area (Å²) in [5, 5.41) is 0. The molecule has 0 spiro atoms. The zero-order chi connectivity index (χ0) is 11.7. The molecule has 0 atom stereocenters. The number of nitrogens with zero attached hydrogens (tertiary/aromatic N) is 2. The Morgan fingerprint density at radius 2 is 2.18 bits per heavy atom. The molecule has 17 heavy (non-hydrogen) atoms. The Morgan fingerprint density at radius 3 is 2.82 bits per heavy atom. The number of piperidine rings is 3. The highest BCUT2D eigenvalue weighted by Gasteiger charge is 2.28. The van der Waals surface area contributed by atoms with E-state index < -0.39 is 0 Å². The van der Waals surface area contributed by atoms with Gasteiger partial charge in [0.15, 0.2) is 0 Å². The standard InChI is InChI=1S/C14H18N2O/c1-17-14-8-12(9-15-10-14)7-13-6-11-2-4-16(13)5-3-11/h7-11H,2-6H2,1H3. The average molecular weight is 230 g/mol. The predicted molar refractivity (Wildman–Crippen MR) is 67.7 cm³/mol. The van der Waals surface area contributed by atoms with Crippen LogP contribution in [-0.2, 0) is 0 Å². The van der Waals surface area contributed by atoms with Crippen LogP contribution in [0.2, 0.25) is 0 Å². The first-order valence-corrected chi connectivity index (χ1v) is 6.30.